The van der Waals surface area contributed by atoms with Gasteiger partial charge in [0, 0.05) is 10.0 Å². The number of benzene rings is 1. The Morgan fingerprint density at radius 1 is 1.22 bits per heavy atom. The Morgan fingerprint density at radius 2 is 2.06 bits per heavy atom. The Morgan fingerprint density at radius 3 is 2.89 bits per heavy atom. The van der Waals surface area contributed by atoms with Gasteiger partial charge >= 0.3 is 0 Å². The number of hydrogen-bond donors (Lipinski definition) is 0. The van der Waals surface area contributed by atoms with Gasteiger partial charge in [0.1, 0.15) is 11.0 Å². The number of aromatic nitrogens is 4. The highest BCUT2D eigenvalue weighted by Crippen LogP contribution is 2.29. The summed E-state index contributed by atoms with van der Waals surface area (Å²) in [6.07, 6.45) is 3.02. The molecule has 0 N–H and O–H groups in total. The lowest BCUT2D eigenvalue weighted by atomic mass is 10.2. The molecule has 0 spiro atoms. The van der Waals surface area contributed by atoms with Crippen LogP contribution in [-0.4, -0.2) is 19.6 Å². The molecule has 2 heterocycles. The molecule has 7 heteroatoms. The van der Waals surface area contributed by atoms with Gasteiger partial charge in [0.25, 0.3) is 0 Å². The summed E-state index contributed by atoms with van der Waals surface area (Å²) in [6.45, 7) is 0. The molecule has 0 aliphatic carbocycles. The molecular formula is C11H5BrClFN4. The minimum atomic E-state index is -0.352. The third-order valence-electron chi connectivity index (χ3n) is 2.44. The van der Waals surface area contributed by atoms with Gasteiger partial charge in [-0.25, -0.2) is 4.39 Å². The van der Waals surface area contributed by atoms with Crippen LogP contribution in [0.15, 0.2) is 35.1 Å². The Balaban J connectivity index is 2.35. The zero-order chi connectivity index (χ0) is 12.7. The normalized spacial score (nSPS) is 11.1. The lowest BCUT2D eigenvalue weighted by Gasteiger charge is -2.04. The first-order valence-electron chi connectivity index (χ1n) is 4.97. The van der Waals surface area contributed by atoms with E-state index in [2.05, 4.69) is 31.1 Å². The van der Waals surface area contributed by atoms with Crippen molar-refractivity contribution >= 4 is 33.2 Å². The number of rotatable bonds is 1. The summed E-state index contributed by atoms with van der Waals surface area (Å²) >= 11 is 9.41. The molecule has 2 aromatic heterocycles. The third kappa shape index (κ3) is 1.77. The van der Waals surface area contributed by atoms with Crippen LogP contribution in [0.25, 0.3) is 17.0 Å². The lowest BCUT2D eigenvalue weighted by Crippen LogP contribution is -1.93. The van der Waals surface area contributed by atoms with Crippen molar-refractivity contribution in [1.82, 2.24) is 19.6 Å². The largest absolute Gasteiger partial charge is 0.262 e. The summed E-state index contributed by atoms with van der Waals surface area (Å²) in [5.74, 6) is 0.110. The van der Waals surface area contributed by atoms with Crippen molar-refractivity contribution in [2.45, 2.75) is 0 Å². The van der Waals surface area contributed by atoms with E-state index >= 15 is 0 Å². The maximum Gasteiger partial charge on any atom is 0.180 e. The van der Waals surface area contributed by atoms with Gasteiger partial charge in [0.15, 0.2) is 11.5 Å². The quantitative estimate of drug-likeness (QED) is 0.688. The molecule has 0 fully saturated rings. The first-order valence-corrected chi connectivity index (χ1v) is 6.14. The predicted octanol–water partition coefficient (Wildman–Crippen LogP) is 3.35. The summed E-state index contributed by atoms with van der Waals surface area (Å²) in [5, 5.41) is 8.33. The van der Waals surface area contributed by atoms with E-state index in [0.717, 1.165) is 0 Å². The second-order valence-electron chi connectivity index (χ2n) is 3.57. The van der Waals surface area contributed by atoms with Crippen molar-refractivity contribution < 1.29 is 4.39 Å². The zero-order valence-electron chi connectivity index (χ0n) is 8.81. The molecule has 0 aliphatic heterocycles. The Hall–Kier alpha value is -1.53. The molecule has 0 radical (unpaired) electrons. The van der Waals surface area contributed by atoms with E-state index in [1.807, 2.05) is 0 Å². The van der Waals surface area contributed by atoms with Crippen LogP contribution < -0.4 is 0 Å². The molecule has 90 valence electrons. The Bertz CT molecular complexity index is 743. The van der Waals surface area contributed by atoms with Crippen molar-refractivity contribution in [1.29, 1.82) is 0 Å². The Labute approximate surface area is 115 Å². The average molecular weight is 328 g/mol. The average Bonchev–Trinajstić information content (AvgIpc) is 2.77. The molecule has 0 amide bonds. The van der Waals surface area contributed by atoms with Gasteiger partial charge < -0.3 is 0 Å². The number of hydrogen-bond acceptors (Lipinski definition) is 3. The minimum absolute atomic E-state index is 0.352. The topological polar surface area (TPSA) is 43.1 Å². The van der Waals surface area contributed by atoms with Crippen LogP contribution in [0.3, 0.4) is 0 Å². The van der Waals surface area contributed by atoms with Crippen molar-refractivity contribution in [2.24, 2.45) is 0 Å². The van der Waals surface area contributed by atoms with Gasteiger partial charge in [-0.2, -0.15) is 0 Å². The molecule has 0 atom stereocenters. The molecule has 0 bridgehead atoms. The summed E-state index contributed by atoms with van der Waals surface area (Å²) in [6, 6.07) is 4.35. The summed E-state index contributed by atoms with van der Waals surface area (Å²) < 4.78 is 15.6. The minimum Gasteiger partial charge on any atom is -0.262 e. The smallest absolute Gasteiger partial charge is 0.180 e. The van der Waals surface area contributed by atoms with Crippen molar-refractivity contribution in [3.05, 3.63) is 46.0 Å². The summed E-state index contributed by atoms with van der Waals surface area (Å²) in [5.41, 5.74) is 1.09. The van der Waals surface area contributed by atoms with Crippen molar-refractivity contribution in [3.8, 4) is 11.4 Å². The van der Waals surface area contributed by atoms with Crippen LogP contribution in [0.1, 0.15) is 0 Å². The zero-order valence-corrected chi connectivity index (χ0v) is 11.2. The second-order valence-corrected chi connectivity index (χ2v) is 4.81. The van der Waals surface area contributed by atoms with Crippen molar-refractivity contribution in [3.63, 3.8) is 0 Å². The Kier molecular flexibility index (Phi) is 2.76. The van der Waals surface area contributed by atoms with Crippen LogP contribution in [0.5, 0.6) is 0 Å². The predicted molar refractivity (Wildman–Crippen MR) is 68.9 cm³/mol. The highest BCUT2D eigenvalue weighted by atomic mass is 79.9. The standard InChI is InChI=1S/C11H5BrClFN4/c12-8-2-1-6(14)3-7(8)11-17-16-10-5-15-4-9(13)18(10)11/h1-5H. The summed E-state index contributed by atoms with van der Waals surface area (Å²) in [4.78, 5) is 3.92. The highest BCUT2D eigenvalue weighted by molar-refractivity contribution is 9.10. The fraction of sp³-hybridized carbons (Fsp3) is 0. The van der Waals surface area contributed by atoms with E-state index in [-0.39, 0.29) is 5.82 Å². The van der Waals surface area contributed by atoms with Crippen LogP contribution in [0, 0.1) is 5.82 Å². The van der Waals surface area contributed by atoms with E-state index < -0.39 is 0 Å². The monoisotopic (exact) mass is 326 g/mol. The fourth-order valence-corrected chi connectivity index (χ4v) is 2.30. The van der Waals surface area contributed by atoms with E-state index in [1.165, 1.54) is 24.5 Å². The molecule has 4 nitrogen and oxygen atoms in total. The fourth-order valence-electron chi connectivity index (χ4n) is 1.66. The summed E-state index contributed by atoms with van der Waals surface area (Å²) in [7, 11) is 0. The van der Waals surface area contributed by atoms with Gasteiger partial charge in [-0.3, -0.25) is 9.38 Å². The molecule has 0 unspecified atom stereocenters. The SMILES string of the molecule is Fc1ccc(Br)c(-c2nnc3cncc(Cl)n23)c1. The van der Waals surface area contributed by atoms with E-state index in [0.29, 0.717) is 26.7 Å². The number of halogens is 3. The van der Waals surface area contributed by atoms with Crippen LogP contribution in [0.2, 0.25) is 5.15 Å². The van der Waals surface area contributed by atoms with Gasteiger partial charge in [0.2, 0.25) is 0 Å². The number of fused-ring (bicyclic) bond motifs is 1. The first-order chi connectivity index (χ1) is 8.66. The first kappa shape index (κ1) is 11.6. The molecule has 0 saturated carbocycles. The van der Waals surface area contributed by atoms with Crippen LogP contribution >= 0.6 is 27.5 Å². The maximum atomic E-state index is 13.3. The van der Waals surface area contributed by atoms with Crippen LogP contribution in [-0.2, 0) is 0 Å². The molecule has 0 aliphatic rings. The molecule has 0 saturated heterocycles. The van der Waals surface area contributed by atoms with E-state index in [9.17, 15) is 4.39 Å². The van der Waals surface area contributed by atoms with Gasteiger partial charge in [-0.05, 0) is 18.2 Å². The number of nitrogens with zero attached hydrogens (tertiary/aromatic N) is 4. The van der Waals surface area contributed by atoms with E-state index in [1.54, 1.807) is 10.5 Å². The highest BCUT2D eigenvalue weighted by Gasteiger charge is 2.14. The molecule has 18 heavy (non-hydrogen) atoms. The second kappa shape index (κ2) is 4.29. The maximum absolute atomic E-state index is 13.3. The third-order valence-corrected chi connectivity index (χ3v) is 3.40. The van der Waals surface area contributed by atoms with Gasteiger partial charge in [-0.1, -0.05) is 27.5 Å². The van der Waals surface area contributed by atoms with Crippen molar-refractivity contribution in [2.75, 3.05) is 0 Å². The van der Waals surface area contributed by atoms with Gasteiger partial charge in [-0.15, -0.1) is 10.2 Å². The molecule has 3 aromatic rings. The van der Waals surface area contributed by atoms with Gasteiger partial charge in [0.05, 0.1) is 12.4 Å². The lowest BCUT2D eigenvalue weighted by molar-refractivity contribution is 0.628. The molecule has 1 aromatic carbocycles. The van der Waals surface area contributed by atoms with Crippen LogP contribution in [0.4, 0.5) is 4.39 Å². The molecular weight excluding hydrogens is 323 g/mol. The van der Waals surface area contributed by atoms with E-state index in [4.69, 9.17) is 11.6 Å². The molecule has 3 rings (SSSR count).